The molecule has 6 nitrogen and oxygen atoms in total. The average molecular weight is 408 g/mol. The molecular weight excluding hydrogens is 385 g/mol. The second-order valence-corrected chi connectivity index (χ2v) is 6.46. The van der Waals surface area contributed by atoms with Gasteiger partial charge in [0.05, 0.1) is 24.9 Å². The lowest BCUT2D eigenvalue weighted by atomic mass is 9.96. The molecule has 0 bridgehead atoms. The lowest BCUT2D eigenvalue weighted by Crippen LogP contribution is -2.41. The van der Waals surface area contributed by atoms with Crippen molar-refractivity contribution in [3.63, 3.8) is 0 Å². The van der Waals surface area contributed by atoms with E-state index in [2.05, 4.69) is 15.0 Å². The summed E-state index contributed by atoms with van der Waals surface area (Å²) in [5.41, 5.74) is 1.44. The van der Waals surface area contributed by atoms with Gasteiger partial charge in [-0.15, -0.1) is 12.4 Å². The molecule has 1 aromatic carbocycles. The first-order chi connectivity index (χ1) is 13.1. The molecule has 1 aliphatic rings. The Morgan fingerprint density at radius 3 is 2.61 bits per heavy atom. The summed E-state index contributed by atoms with van der Waals surface area (Å²) >= 11 is 0. The number of benzene rings is 1. The Labute approximate surface area is 169 Å². The van der Waals surface area contributed by atoms with E-state index in [1.807, 2.05) is 0 Å². The van der Waals surface area contributed by atoms with Gasteiger partial charge in [0.25, 0.3) is 0 Å². The second-order valence-electron chi connectivity index (χ2n) is 6.46. The monoisotopic (exact) mass is 407 g/mol. The second kappa shape index (κ2) is 10.1. The lowest BCUT2D eigenvalue weighted by Gasteiger charge is -2.29. The van der Waals surface area contributed by atoms with Crippen molar-refractivity contribution in [2.45, 2.75) is 19.4 Å². The van der Waals surface area contributed by atoms with Crippen molar-refractivity contribution < 1.29 is 18.7 Å². The maximum Gasteiger partial charge on any atom is 0.339 e. The van der Waals surface area contributed by atoms with Gasteiger partial charge in [0, 0.05) is 17.8 Å². The van der Waals surface area contributed by atoms with Crippen molar-refractivity contribution in [3.8, 4) is 0 Å². The number of halogens is 2. The van der Waals surface area contributed by atoms with Crippen LogP contribution in [0.25, 0.3) is 0 Å². The zero-order valence-electron chi connectivity index (χ0n) is 15.6. The van der Waals surface area contributed by atoms with E-state index in [4.69, 9.17) is 0 Å². The first-order valence-corrected chi connectivity index (χ1v) is 8.89. The highest BCUT2D eigenvalue weighted by Gasteiger charge is 2.27. The number of carbonyl (C=O) groups excluding carboxylic acids is 2. The number of carbonyl (C=O) groups is 2. The third-order valence-corrected chi connectivity index (χ3v) is 4.64. The van der Waals surface area contributed by atoms with Crippen molar-refractivity contribution in [3.05, 3.63) is 59.7 Å². The number of nitrogens with zero attached hydrogens (tertiary/aromatic N) is 2. The van der Waals surface area contributed by atoms with Crippen molar-refractivity contribution in [1.29, 1.82) is 0 Å². The summed E-state index contributed by atoms with van der Waals surface area (Å²) in [4.78, 5) is 30.5. The van der Waals surface area contributed by atoms with Gasteiger partial charge in [-0.25, -0.2) is 9.18 Å². The number of ether oxygens (including phenoxy) is 1. The highest BCUT2D eigenvalue weighted by atomic mass is 35.5. The number of hydrogen-bond donors (Lipinski definition) is 1. The molecule has 1 N–H and O–H groups in total. The molecule has 0 radical (unpaired) electrons. The van der Waals surface area contributed by atoms with Crippen LogP contribution in [-0.2, 0) is 16.1 Å². The Kier molecular flexibility index (Phi) is 7.90. The van der Waals surface area contributed by atoms with Gasteiger partial charge in [-0.3, -0.25) is 9.78 Å². The molecule has 150 valence electrons. The summed E-state index contributed by atoms with van der Waals surface area (Å²) in [5, 5.41) is 3.24. The van der Waals surface area contributed by atoms with E-state index in [9.17, 15) is 14.0 Å². The Morgan fingerprint density at radius 2 is 2.00 bits per heavy atom. The van der Waals surface area contributed by atoms with Crippen LogP contribution in [-0.4, -0.2) is 37.1 Å². The molecule has 28 heavy (non-hydrogen) atoms. The van der Waals surface area contributed by atoms with E-state index in [0.29, 0.717) is 16.9 Å². The van der Waals surface area contributed by atoms with Gasteiger partial charge >= 0.3 is 5.97 Å². The van der Waals surface area contributed by atoms with Crippen LogP contribution in [0.15, 0.2) is 42.6 Å². The molecule has 2 heterocycles. The normalized spacial score (nSPS) is 14.1. The summed E-state index contributed by atoms with van der Waals surface area (Å²) in [5.74, 6) is -1.02. The van der Waals surface area contributed by atoms with Crippen LogP contribution in [0.1, 0.15) is 28.9 Å². The number of hydrogen-bond acceptors (Lipinski definition) is 5. The van der Waals surface area contributed by atoms with Crippen LogP contribution in [0.4, 0.5) is 10.1 Å². The molecule has 2 aromatic rings. The average Bonchev–Trinajstić information content (AvgIpc) is 2.72. The molecule has 1 fully saturated rings. The molecule has 1 saturated heterocycles. The maximum atomic E-state index is 13.7. The number of anilines is 1. The SMILES string of the molecule is COC(=O)c1ccc(CN(C(=O)C2CCNCC2)c2cccc(F)c2)nc1.Cl. The highest BCUT2D eigenvalue weighted by Crippen LogP contribution is 2.24. The summed E-state index contributed by atoms with van der Waals surface area (Å²) in [6.07, 6.45) is 2.92. The molecule has 0 aliphatic carbocycles. The van der Waals surface area contributed by atoms with E-state index in [-0.39, 0.29) is 30.8 Å². The van der Waals surface area contributed by atoms with E-state index >= 15 is 0 Å². The minimum absolute atomic E-state index is 0. The van der Waals surface area contributed by atoms with Crippen LogP contribution in [0.3, 0.4) is 0 Å². The number of aromatic nitrogens is 1. The van der Waals surface area contributed by atoms with E-state index in [1.165, 1.54) is 25.4 Å². The summed E-state index contributed by atoms with van der Waals surface area (Å²) < 4.78 is 18.4. The standard InChI is InChI=1S/C20H22FN3O3.ClH/c1-27-20(26)15-5-6-17(23-12-15)13-24(18-4-2-3-16(21)11-18)19(25)14-7-9-22-10-8-14;/h2-6,11-12,14,22H,7-10,13H2,1H3;1H. The Morgan fingerprint density at radius 1 is 1.25 bits per heavy atom. The lowest BCUT2D eigenvalue weighted by molar-refractivity contribution is -0.123. The Balaban J connectivity index is 0.00000280. The maximum absolute atomic E-state index is 13.7. The molecule has 0 spiro atoms. The molecule has 1 aromatic heterocycles. The van der Waals surface area contributed by atoms with Crippen LogP contribution >= 0.6 is 12.4 Å². The minimum Gasteiger partial charge on any atom is -0.465 e. The smallest absolute Gasteiger partial charge is 0.339 e. The van der Waals surface area contributed by atoms with E-state index in [0.717, 1.165) is 25.9 Å². The van der Waals surface area contributed by atoms with Crippen molar-refractivity contribution >= 4 is 30.0 Å². The molecule has 1 amide bonds. The van der Waals surface area contributed by atoms with Crippen molar-refractivity contribution in [2.75, 3.05) is 25.1 Å². The Bertz CT molecular complexity index is 811. The quantitative estimate of drug-likeness (QED) is 0.771. The van der Waals surface area contributed by atoms with Crippen molar-refractivity contribution in [1.82, 2.24) is 10.3 Å². The van der Waals surface area contributed by atoms with Gasteiger partial charge in [0.1, 0.15) is 5.82 Å². The molecule has 0 unspecified atom stereocenters. The van der Waals surface area contributed by atoms with Gasteiger partial charge in [-0.05, 0) is 56.3 Å². The van der Waals surface area contributed by atoms with E-state index < -0.39 is 11.8 Å². The summed E-state index contributed by atoms with van der Waals surface area (Å²) in [7, 11) is 1.31. The van der Waals surface area contributed by atoms with Crippen LogP contribution in [0.2, 0.25) is 0 Å². The van der Waals surface area contributed by atoms with Crippen LogP contribution < -0.4 is 10.2 Å². The highest BCUT2D eigenvalue weighted by molar-refractivity contribution is 5.95. The summed E-state index contributed by atoms with van der Waals surface area (Å²) in [6.45, 7) is 1.78. The fraction of sp³-hybridized carbons (Fsp3) is 0.350. The fourth-order valence-electron chi connectivity index (χ4n) is 3.15. The minimum atomic E-state index is -0.471. The number of amides is 1. The fourth-order valence-corrected chi connectivity index (χ4v) is 3.15. The largest absolute Gasteiger partial charge is 0.465 e. The predicted octanol–water partition coefficient (Wildman–Crippen LogP) is 2.96. The number of rotatable bonds is 5. The predicted molar refractivity (Wildman–Crippen MR) is 106 cm³/mol. The Hall–Kier alpha value is -2.51. The molecule has 3 rings (SSSR count). The van der Waals surface area contributed by atoms with Crippen LogP contribution in [0, 0.1) is 11.7 Å². The first kappa shape index (κ1) is 21.8. The van der Waals surface area contributed by atoms with Gasteiger partial charge in [-0.1, -0.05) is 6.07 Å². The van der Waals surface area contributed by atoms with Gasteiger partial charge in [-0.2, -0.15) is 0 Å². The molecular formula is C20H23ClFN3O3. The van der Waals surface area contributed by atoms with E-state index in [1.54, 1.807) is 29.2 Å². The molecule has 0 saturated carbocycles. The molecule has 1 aliphatic heterocycles. The zero-order chi connectivity index (χ0) is 19.2. The zero-order valence-corrected chi connectivity index (χ0v) is 16.4. The van der Waals surface area contributed by atoms with Gasteiger partial charge in [0.15, 0.2) is 0 Å². The summed E-state index contributed by atoms with van der Waals surface area (Å²) in [6, 6.07) is 9.27. The number of esters is 1. The molecule has 8 heteroatoms. The first-order valence-electron chi connectivity index (χ1n) is 8.89. The number of methoxy groups -OCH3 is 1. The third kappa shape index (κ3) is 5.27. The number of piperidine rings is 1. The third-order valence-electron chi connectivity index (χ3n) is 4.64. The van der Waals surface area contributed by atoms with Crippen molar-refractivity contribution in [2.24, 2.45) is 5.92 Å². The van der Waals surface area contributed by atoms with Crippen LogP contribution in [0.5, 0.6) is 0 Å². The molecule has 0 atom stereocenters. The number of pyridine rings is 1. The van der Waals surface area contributed by atoms with Gasteiger partial charge in [0.2, 0.25) is 5.91 Å². The number of nitrogens with one attached hydrogen (secondary N) is 1. The topological polar surface area (TPSA) is 71.5 Å². The van der Waals surface area contributed by atoms with Gasteiger partial charge < -0.3 is 15.0 Å².